The summed E-state index contributed by atoms with van der Waals surface area (Å²) >= 11 is 0. The highest BCUT2D eigenvalue weighted by atomic mass is 16.2. The lowest BCUT2D eigenvalue weighted by Gasteiger charge is -2.36. The molecule has 3 N–H and O–H groups in total. The fraction of sp³-hybridized carbons (Fsp3) is 0.562. The third kappa shape index (κ3) is 3.06. The number of rotatable bonds is 4. The van der Waals surface area contributed by atoms with Crippen molar-refractivity contribution in [1.29, 1.82) is 0 Å². The van der Waals surface area contributed by atoms with Crippen molar-refractivity contribution in [1.82, 2.24) is 5.32 Å². The van der Waals surface area contributed by atoms with Crippen LogP contribution in [-0.4, -0.2) is 24.5 Å². The second-order valence-corrected chi connectivity index (χ2v) is 5.68. The minimum Gasteiger partial charge on any atom is -0.399 e. The van der Waals surface area contributed by atoms with Crippen LogP contribution in [0, 0.1) is 0 Å². The Balaban J connectivity index is 2.18. The van der Waals surface area contributed by atoms with E-state index < -0.39 is 0 Å². The summed E-state index contributed by atoms with van der Waals surface area (Å²) in [6.45, 7) is 6.99. The molecule has 4 nitrogen and oxygen atoms in total. The van der Waals surface area contributed by atoms with Gasteiger partial charge in [-0.2, -0.15) is 0 Å². The molecule has 1 amide bonds. The molecule has 0 saturated carbocycles. The second-order valence-electron chi connectivity index (χ2n) is 5.68. The summed E-state index contributed by atoms with van der Waals surface area (Å²) in [6, 6.07) is 6.06. The Labute approximate surface area is 121 Å². The maximum atomic E-state index is 12.3. The molecule has 0 fully saturated rings. The van der Waals surface area contributed by atoms with Gasteiger partial charge < -0.3 is 16.0 Å². The summed E-state index contributed by atoms with van der Waals surface area (Å²) in [7, 11) is 0. The van der Waals surface area contributed by atoms with Crippen LogP contribution in [0.3, 0.4) is 0 Å². The quantitative estimate of drug-likeness (QED) is 0.829. The van der Waals surface area contributed by atoms with Gasteiger partial charge in [0.05, 0.1) is 0 Å². The third-order valence-electron chi connectivity index (χ3n) is 4.11. The summed E-state index contributed by atoms with van der Waals surface area (Å²) in [4.78, 5) is 14.5. The smallest absolute Gasteiger partial charge is 0.242 e. The monoisotopic (exact) mass is 275 g/mol. The molecule has 4 heteroatoms. The van der Waals surface area contributed by atoms with Gasteiger partial charge in [-0.05, 0) is 50.8 Å². The van der Waals surface area contributed by atoms with Crippen molar-refractivity contribution in [2.24, 2.45) is 0 Å². The Hall–Kier alpha value is -1.71. The molecule has 2 atom stereocenters. The fourth-order valence-corrected chi connectivity index (χ4v) is 2.63. The minimum atomic E-state index is -0.162. The average Bonchev–Trinajstić information content (AvgIpc) is 2.45. The number of hydrogen-bond acceptors (Lipinski definition) is 3. The molecule has 0 saturated heterocycles. The van der Waals surface area contributed by atoms with Crippen LogP contribution in [0.5, 0.6) is 0 Å². The largest absolute Gasteiger partial charge is 0.399 e. The van der Waals surface area contributed by atoms with Gasteiger partial charge in [0.15, 0.2) is 0 Å². The SMILES string of the molecule is CCC(C)NC(=O)C(C)N1CCCc2ccc(N)cc21. The standard InChI is InChI=1S/C16H25N3O/c1-4-11(2)18-16(20)12(3)19-9-5-6-13-7-8-14(17)10-15(13)19/h7-8,10-12H,4-6,9,17H2,1-3H3,(H,18,20). The van der Waals surface area contributed by atoms with Crippen molar-refractivity contribution in [2.45, 2.75) is 52.1 Å². The summed E-state index contributed by atoms with van der Waals surface area (Å²) < 4.78 is 0. The highest BCUT2D eigenvalue weighted by Crippen LogP contribution is 2.30. The highest BCUT2D eigenvalue weighted by Gasteiger charge is 2.26. The second kappa shape index (κ2) is 6.16. The number of carbonyl (C=O) groups excluding carboxylic acids is 1. The number of benzene rings is 1. The number of nitrogens with two attached hydrogens (primary N) is 1. The maximum absolute atomic E-state index is 12.3. The van der Waals surface area contributed by atoms with Crippen molar-refractivity contribution >= 4 is 17.3 Å². The Bertz CT molecular complexity index is 487. The highest BCUT2D eigenvalue weighted by molar-refractivity contribution is 5.85. The number of nitrogens with one attached hydrogen (secondary N) is 1. The van der Waals surface area contributed by atoms with Crippen LogP contribution in [0.4, 0.5) is 11.4 Å². The Kier molecular flexibility index (Phi) is 4.53. The van der Waals surface area contributed by atoms with Crippen LogP contribution in [-0.2, 0) is 11.2 Å². The lowest BCUT2D eigenvalue weighted by molar-refractivity contribution is -0.122. The number of nitrogen functional groups attached to an aromatic ring is 1. The molecule has 1 heterocycles. The normalized spacial score (nSPS) is 17.2. The molecule has 1 aromatic rings. The predicted molar refractivity (Wildman–Crippen MR) is 83.9 cm³/mol. The summed E-state index contributed by atoms with van der Waals surface area (Å²) in [5.41, 5.74) is 9.05. The molecular weight excluding hydrogens is 250 g/mol. The first-order valence-corrected chi connectivity index (χ1v) is 7.48. The van der Waals surface area contributed by atoms with Crippen LogP contribution in [0.15, 0.2) is 18.2 Å². The van der Waals surface area contributed by atoms with Crippen molar-refractivity contribution < 1.29 is 4.79 Å². The van der Waals surface area contributed by atoms with Crippen LogP contribution >= 0.6 is 0 Å². The molecule has 0 bridgehead atoms. The molecule has 0 aromatic heterocycles. The van der Waals surface area contributed by atoms with Gasteiger partial charge in [0.25, 0.3) is 0 Å². The molecule has 1 aliphatic heterocycles. The van der Waals surface area contributed by atoms with E-state index in [1.54, 1.807) is 0 Å². The van der Waals surface area contributed by atoms with Crippen LogP contribution < -0.4 is 16.0 Å². The first-order chi connectivity index (χ1) is 9.52. The molecule has 2 rings (SSSR count). The molecule has 0 radical (unpaired) electrons. The molecule has 0 spiro atoms. The van der Waals surface area contributed by atoms with Crippen molar-refractivity contribution in [3.05, 3.63) is 23.8 Å². The number of carbonyl (C=O) groups is 1. The predicted octanol–water partition coefficient (Wildman–Crippen LogP) is 2.32. The first kappa shape index (κ1) is 14.7. The van der Waals surface area contributed by atoms with Gasteiger partial charge in [-0.3, -0.25) is 4.79 Å². The van der Waals surface area contributed by atoms with E-state index >= 15 is 0 Å². The molecule has 2 unspecified atom stereocenters. The lowest BCUT2D eigenvalue weighted by atomic mass is 9.99. The van der Waals surface area contributed by atoms with Gasteiger partial charge in [-0.1, -0.05) is 13.0 Å². The number of fused-ring (bicyclic) bond motifs is 1. The zero-order chi connectivity index (χ0) is 14.7. The summed E-state index contributed by atoms with van der Waals surface area (Å²) in [5, 5.41) is 3.06. The van der Waals surface area contributed by atoms with Gasteiger partial charge in [0.1, 0.15) is 6.04 Å². The number of anilines is 2. The van der Waals surface area contributed by atoms with Crippen LogP contribution in [0.25, 0.3) is 0 Å². The van der Waals surface area contributed by atoms with E-state index in [1.807, 2.05) is 26.0 Å². The van der Waals surface area contributed by atoms with E-state index in [9.17, 15) is 4.79 Å². The van der Waals surface area contributed by atoms with E-state index in [-0.39, 0.29) is 18.0 Å². The van der Waals surface area contributed by atoms with E-state index in [2.05, 4.69) is 23.2 Å². The average molecular weight is 275 g/mol. The Morgan fingerprint density at radius 1 is 1.45 bits per heavy atom. The lowest BCUT2D eigenvalue weighted by Crippen LogP contribution is -2.49. The summed E-state index contributed by atoms with van der Waals surface area (Å²) in [5.74, 6) is 0.0922. The van der Waals surface area contributed by atoms with Gasteiger partial charge in [0, 0.05) is 24.0 Å². The van der Waals surface area contributed by atoms with Crippen molar-refractivity contribution in [3.63, 3.8) is 0 Å². The zero-order valence-corrected chi connectivity index (χ0v) is 12.6. The summed E-state index contributed by atoms with van der Waals surface area (Å²) in [6.07, 6.45) is 3.09. The molecule has 20 heavy (non-hydrogen) atoms. The Morgan fingerprint density at radius 3 is 2.90 bits per heavy atom. The third-order valence-corrected chi connectivity index (χ3v) is 4.11. The van der Waals surface area contributed by atoms with Crippen LogP contribution in [0.2, 0.25) is 0 Å². The van der Waals surface area contributed by atoms with E-state index in [0.29, 0.717) is 0 Å². The van der Waals surface area contributed by atoms with E-state index in [0.717, 1.165) is 37.2 Å². The van der Waals surface area contributed by atoms with E-state index in [4.69, 9.17) is 5.73 Å². The number of nitrogens with zero attached hydrogens (tertiary/aromatic N) is 1. The molecule has 0 aliphatic carbocycles. The molecule has 1 aliphatic rings. The van der Waals surface area contributed by atoms with Gasteiger partial charge in [-0.25, -0.2) is 0 Å². The van der Waals surface area contributed by atoms with Gasteiger partial charge >= 0.3 is 0 Å². The fourth-order valence-electron chi connectivity index (χ4n) is 2.63. The van der Waals surface area contributed by atoms with Gasteiger partial charge in [-0.15, -0.1) is 0 Å². The number of hydrogen-bond donors (Lipinski definition) is 2. The molecular formula is C16H25N3O. The Morgan fingerprint density at radius 2 is 2.20 bits per heavy atom. The zero-order valence-electron chi connectivity index (χ0n) is 12.6. The van der Waals surface area contributed by atoms with E-state index in [1.165, 1.54) is 5.56 Å². The number of amides is 1. The maximum Gasteiger partial charge on any atom is 0.242 e. The first-order valence-electron chi connectivity index (χ1n) is 7.48. The van der Waals surface area contributed by atoms with Gasteiger partial charge in [0.2, 0.25) is 5.91 Å². The molecule has 1 aromatic carbocycles. The topological polar surface area (TPSA) is 58.4 Å². The minimum absolute atomic E-state index is 0.0922. The van der Waals surface area contributed by atoms with Crippen LogP contribution in [0.1, 0.15) is 39.2 Å². The molecule has 110 valence electrons. The number of aryl methyl sites for hydroxylation is 1. The van der Waals surface area contributed by atoms with Crippen molar-refractivity contribution in [2.75, 3.05) is 17.2 Å². The van der Waals surface area contributed by atoms with Crippen molar-refractivity contribution in [3.8, 4) is 0 Å².